The Bertz CT molecular complexity index is 592. The van der Waals surface area contributed by atoms with E-state index in [4.69, 9.17) is 9.73 Å². The highest BCUT2D eigenvalue weighted by molar-refractivity contribution is 14.0. The fraction of sp³-hybridized carbons (Fsp3) is 0.650. The van der Waals surface area contributed by atoms with Crippen LogP contribution in [0.1, 0.15) is 31.4 Å². The Labute approximate surface area is 189 Å². The summed E-state index contributed by atoms with van der Waals surface area (Å²) in [6, 6.07) is 6.95. The van der Waals surface area contributed by atoms with Crippen molar-refractivity contribution in [2.75, 3.05) is 51.7 Å². The predicted molar refractivity (Wildman–Crippen MR) is 126 cm³/mol. The number of guanidine groups is 1. The molecule has 0 bridgehead atoms. The SMILES string of the molecule is CCNC(=NCC(c1ccc(F)cc1)N1CCOCC1)NCC1CCCS1.I. The molecule has 3 rings (SSSR count). The van der Waals surface area contributed by atoms with Crippen molar-refractivity contribution < 1.29 is 9.13 Å². The first-order chi connectivity index (χ1) is 13.3. The molecule has 158 valence electrons. The van der Waals surface area contributed by atoms with Gasteiger partial charge in [0.05, 0.1) is 25.8 Å². The second-order valence-corrected chi connectivity index (χ2v) is 8.36. The number of halogens is 2. The van der Waals surface area contributed by atoms with Gasteiger partial charge in [-0.1, -0.05) is 12.1 Å². The van der Waals surface area contributed by atoms with Crippen LogP contribution in [0.3, 0.4) is 0 Å². The van der Waals surface area contributed by atoms with Crippen LogP contribution in [-0.4, -0.2) is 67.8 Å². The monoisotopic (exact) mass is 522 g/mol. The molecular formula is C20H32FIN4OS. The highest BCUT2D eigenvalue weighted by atomic mass is 127. The van der Waals surface area contributed by atoms with E-state index in [0.717, 1.165) is 50.9 Å². The summed E-state index contributed by atoms with van der Waals surface area (Å²) in [6.45, 7) is 7.73. The Morgan fingerprint density at radius 3 is 2.68 bits per heavy atom. The average Bonchev–Trinajstić information content (AvgIpc) is 3.22. The van der Waals surface area contributed by atoms with Gasteiger partial charge in [0.1, 0.15) is 5.82 Å². The second-order valence-electron chi connectivity index (χ2n) is 6.95. The fourth-order valence-electron chi connectivity index (χ4n) is 3.54. The van der Waals surface area contributed by atoms with Gasteiger partial charge in [-0.25, -0.2) is 4.39 Å². The minimum absolute atomic E-state index is 0. The topological polar surface area (TPSA) is 48.9 Å². The molecule has 2 aliphatic rings. The van der Waals surface area contributed by atoms with Gasteiger partial charge >= 0.3 is 0 Å². The highest BCUT2D eigenvalue weighted by Crippen LogP contribution is 2.25. The standard InChI is InChI=1S/C20H31FN4OS.HI/c1-2-22-20(23-14-18-4-3-13-27-18)24-15-19(25-9-11-26-12-10-25)16-5-7-17(21)8-6-16;/h5-8,18-19H,2-4,9-15H2,1H3,(H2,22,23,24);1H. The minimum atomic E-state index is -0.202. The number of rotatable bonds is 7. The summed E-state index contributed by atoms with van der Waals surface area (Å²) in [5.74, 6) is 1.93. The van der Waals surface area contributed by atoms with Crippen LogP contribution in [0.2, 0.25) is 0 Å². The van der Waals surface area contributed by atoms with Crippen molar-refractivity contribution in [1.82, 2.24) is 15.5 Å². The molecule has 1 aromatic carbocycles. The Balaban J connectivity index is 0.00000280. The number of hydrogen-bond donors (Lipinski definition) is 2. The summed E-state index contributed by atoms with van der Waals surface area (Å²) in [4.78, 5) is 7.24. The molecule has 2 heterocycles. The third-order valence-electron chi connectivity index (χ3n) is 5.03. The Morgan fingerprint density at radius 2 is 2.04 bits per heavy atom. The third kappa shape index (κ3) is 7.35. The summed E-state index contributed by atoms with van der Waals surface area (Å²) in [7, 11) is 0. The maximum Gasteiger partial charge on any atom is 0.191 e. The van der Waals surface area contributed by atoms with Crippen LogP contribution in [0, 0.1) is 5.82 Å². The summed E-state index contributed by atoms with van der Waals surface area (Å²) < 4.78 is 18.9. The maximum atomic E-state index is 13.4. The number of hydrogen-bond acceptors (Lipinski definition) is 4. The van der Waals surface area contributed by atoms with Gasteiger partial charge < -0.3 is 15.4 Å². The van der Waals surface area contributed by atoms with E-state index in [9.17, 15) is 4.39 Å². The smallest absolute Gasteiger partial charge is 0.191 e. The Kier molecular flexibility index (Phi) is 10.9. The Morgan fingerprint density at radius 1 is 1.29 bits per heavy atom. The molecule has 8 heteroatoms. The van der Waals surface area contributed by atoms with Crippen molar-refractivity contribution in [2.45, 2.75) is 31.1 Å². The average molecular weight is 522 g/mol. The number of thioether (sulfide) groups is 1. The zero-order valence-corrected chi connectivity index (χ0v) is 19.7. The molecule has 0 spiro atoms. The second kappa shape index (κ2) is 12.9. The van der Waals surface area contributed by atoms with E-state index in [2.05, 4.69) is 22.5 Å². The molecule has 0 aliphatic carbocycles. The molecule has 2 N–H and O–H groups in total. The number of ether oxygens (including phenoxy) is 1. The van der Waals surface area contributed by atoms with E-state index in [0.29, 0.717) is 11.8 Å². The van der Waals surface area contributed by atoms with Gasteiger partial charge in [0.25, 0.3) is 0 Å². The van der Waals surface area contributed by atoms with E-state index >= 15 is 0 Å². The first kappa shape index (κ1) is 23.7. The third-order valence-corrected chi connectivity index (χ3v) is 6.43. The molecule has 0 saturated carbocycles. The van der Waals surface area contributed by atoms with Crippen molar-refractivity contribution in [2.24, 2.45) is 4.99 Å². The molecule has 28 heavy (non-hydrogen) atoms. The zero-order chi connectivity index (χ0) is 18.9. The minimum Gasteiger partial charge on any atom is -0.379 e. The van der Waals surface area contributed by atoms with Gasteiger partial charge in [-0.3, -0.25) is 9.89 Å². The van der Waals surface area contributed by atoms with E-state index in [1.54, 1.807) is 0 Å². The lowest BCUT2D eigenvalue weighted by Crippen LogP contribution is -2.42. The van der Waals surface area contributed by atoms with Gasteiger partial charge in [-0.15, -0.1) is 24.0 Å². The number of benzene rings is 1. The lowest BCUT2D eigenvalue weighted by molar-refractivity contribution is 0.0179. The summed E-state index contributed by atoms with van der Waals surface area (Å²) in [5, 5.41) is 7.53. The Hall–Kier alpha value is -0.580. The van der Waals surface area contributed by atoms with Crippen LogP contribution in [0.4, 0.5) is 4.39 Å². The molecular weight excluding hydrogens is 490 g/mol. The first-order valence-corrected chi connectivity index (χ1v) is 11.0. The quantitative estimate of drug-likeness (QED) is 0.327. The lowest BCUT2D eigenvalue weighted by atomic mass is 10.0. The van der Waals surface area contributed by atoms with Crippen molar-refractivity contribution >= 4 is 41.7 Å². The zero-order valence-electron chi connectivity index (χ0n) is 16.5. The van der Waals surface area contributed by atoms with Crippen molar-refractivity contribution in [1.29, 1.82) is 0 Å². The van der Waals surface area contributed by atoms with Crippen molar-refractivity contribution in [3.05, 3.63) is 35.6 Å². The van der Waals surface area contributed by atoms with Crippen LogP contribution >= 0.6 is 35.7 Å². The summed E-state index contributed by atoms with van der Waals surface area (Å²) >= 11 is 2.04. The van der Waals surface area contributed by atoms with Crippen LogP contribution < -0.4 is 10.6 Å². The molecule has 2 saturated heterocycles. The molecule has 2 fully saturated rings. The predicted octanol–water partition coefficient (Wildman–Crippen LogP) is 3.27. The van der Waals surface area contributed by atoms with Gasteiger partial charge in [0, 0.05) is 31.4 Å². The number of morpholine rings is 1. The van der Waals surface area contributed by atoms with Crippen LogP contribution in [-0.2, 0) is 4.74 Å². The van der Waals surface area contributed by atoms with Gasteiger partial charge in [-0.2, -0.15) is 11.8 Å². The molecule has 2 atom stereocenters. The largest absolute Gasteiger partial charge is 0.379 e. The van der Waals surface area contributed by atoms with Crippen LogP contribution in [0.25, 0.3) is 0 Å². The molecule has 2 aliphatic heterocycles. The molecule has 0 radical (unpaired) electrons. The number of aliphatic imine (C=N–C) groups is 1. The number of nitrogens with one attached hydrogen (secondary N) is 2. The van der Waals surface area contributed by atoms with Crippen LogP contribution in [0.15, 0.2) is 29.3 Å². The van der Waals surface area contributed by atoms with Gasteiger partial charge in [0.2, 0.25) is 0 Å². The summed E-state index contributed by atoms with van der Waals surface area (Å²) in [5.41, 5.74) is 1.10. The molecule has 5 nitrogen and oxygen atoms in total. The van der Waals surface area contributed by atoms with Crippen molar-refractivity contribution in [3.8, 4) is 0 Å². The van der Waals surface area contributed by atoms with E-state index < -0.39 is 0 Å². The molecule has 1 aromatic rings. The molecule has 2 unspecified atom stereocenters. The first-order valence-electron chi connectivity index (χ1n) is 9.97. The van der Waals surface area contributed by atoms with E-state index in [1.165, 1.54) is 30.7 Å². The highest BCUT2D eigenvalue weighted by Gasteiger charge is 2.23. The van der Waals surface area contributed by atoms with Crippen LogP contribution in [0.5, 0.6) is 0 Å². The number of nitrogens with zero attached hydrogens (tertiary/aromatic N) is 2. The van der Waals surface area contributed by atoms with Gasteiger partial charge in [-0.05, 0) is 43.2 Å². The maximum absolute atomic E-state index is 13.4. The van der Waals surface area contributed by atoms with Gasteiger partial charge in [0.15, 0.2) is 5.96 Å². The fourth-order valence-corrected chi connectivity index (χ4v) is 4.74. The van der Waals surface area contributed by atoms with E-state index in [-0.39, 0.29) is 35.8 Å². The summed E-state index contributed by atoms with van der Waals surface area (Å²) in [6.07, 6.45) is 2.59. The molecule has 0 amide bonds. The van der Waals surface area contributed by atoms with Crippen molar-refractivity contribution in [3.63, 3.8) is 0 Å². The lowest BCUT2D eigenvalue weighted by Gasteiger charge is -2.34. The van der Waals surface area contributed by atoms with E-state index in [1.807, 2.05) is 23.9 Å². The molecule has 0 aromatic heterocycles. The normalized spacial score (nSPS) is 21.8.